The summed E-state index contributed by atoms with van der Waals surface area (Å²) >= 11 is 23.5. The van der Waals surface area contributed by atoms with Gasteiger partial charge in [-0.3, -0.25) is 0 Å². The van der Waals surface area contributed by atoms with Crippen molar-refractivity contribution in [2.24, 2.45) is 0 Å². The monoisotopic (exact) mass is 512 g/mol. The molecule has 0 saturated heterocycles. The largest absolute Gasteiger partial charge is 0.369 e. The molecule has 0 aromatic heterocycles. The normalized spacial score (nSPS) is 12.0. The van der Waals surface area contributed by atoms with Crippen LogP contribution in [-0.4, -0.2) is 53.9 Å². The van der Waals surface area contributed by atoms with Crippen LogP contribution < -0.4 is 9.80 Å². The molecule has 160 valence electrons. The second-order valence-corrected chi connectivity index (χ2v) is 10.5. The van der Waals surface area contributed by atoms with Gasteiger partial charge >= 0.3 is 0 Å². The van der Waals surface area contributed by atoms with Gasteiger partial charge in [-0.15, -0.1) is 46.4 Å². The first-order valence-electron chi connectivity index (χ1n) is 9.17. The van der Waals surface area contributed by atoms with Crippen LogP contribution in [0.4, 0.5) is 11.4 Å². The predicted octanol–water partition coefficient (Wildman–Crippen LogP) is 6.07. The van der Waals surface area contributed by atoms with Crippen LogP contribution in [-0.2, 0) is 9.83 Å². The molecule has 0 saturated carbocycles. The van der Waals surface area contributed by atoms with Gasteiger partial charge in [0.1, 0.15) is 9.83 Å². The van der Waals surface area contributed by atoms with Crippen LogP contribution in [0.3, 0.4) is 0 Å². The molecule has 3 nitrogen and oxygen atoms in total. The Balaban J connectivity index is 2.02. The van der Waals surface area contributed by atoms with E-state index in [-0.39, 0.29) is 0 Å². The molecule has 0 aliphatic heterocycles. The van der Waals surface area contributed by atoms with Crippen molar-refractivity contribution in [3.05, 3.63) is 48.5 Å². The topological polar surface area (TPSA) is 23.6 Å². The highest BCUT2D eigenvalue weighted by Crippen LogP contribution is 2.30. The van der Waals surface area contributed by atoms with Gasteiger partial charge in [-0.1, -0.05) is 0 Å². The molecule has 2 aromatic carbocycles. The van der Waals surface area contributed by atoms with Crippen molar-refractivity contribution in [2.45, 2.75) is 9.79 Å². The van der Waals surface area contributed by atoms with E-state index in [2.05, 4.69) is 9.80 Å². The molecule has 2 rings (SSSR count). The third kappa shape index (κ3) is 8.04. The quantitative estimate of drug-likeness (QED) is 0.239. The third-order valence-electron chi connectivity index (χ3n) is 4.19. The van der Waals surface area contributed by atoms with E-state index < -0.39 is 9.83 Å². The van der Waals surface area contributed by atoms with E-state index in [0.717, 1.165) is 47.3 Å². The number of benzene rings is 2. The number of hydrogen-bond acceptors (Lipinski definition) is 4. The third-order valence-corrected chi connectivity index (χ3v) is 7.74. The maximum Gasteiger partial charge on any atom is 0.117 e. The van der Waals surface area contributed by atoms with E-state index in [1.165, 1.54) is 10.8 Å². The molecule has 0 spiro atoms. The molecule has 0 aliphatic carbocycles. The Morgan fingerprint density at radius 2 is 1.03 bits per heavy atom. The standard InChI is InChI=1S/C20H24Cl4N2OS2/c21-9-13-25(14-10-22)17-1-5-19(6-2-17)28-29(27)20-7-3-18(4-8-20)26(15-11-23)16-12-24/h1-8H,9-16H2. The van der Waals surface area contributed by atoms with Crippen molar-refractivity contribution in [3.8, 4) is 0 Å². The SMILES string of the molecule is O=S(Sc1ccc(N(CCCl)CCCl)cc1)c1ccc(N(CCCl)CCCl)cc1. The van der Waals surface area contributed by atoms with Crippen LogP contribution >= 0.6 is 57.2 Å². The molecule has 0 amide bonds. The predicted molar refractivity (Wildman–Crippen MR) is 132 cm³/mol. The Labute approximate surface area is 199 Å². The molecule has 2 aromatic rings. The molecule has 0 radical (unpaired) electrons. The summed E-state index contributed by atoms with van der Waals surface area (Å²) in [6.07, 6.45) is 0. The molecular formula is C20H24Cl4N2OS2. The lowest BCUT2D eigenvalue weighted by molar-refractivity contribution is 0.691. The number of hydrogen-bond donors (Lipinski definition) is 0. The van der Waals surface area contributed by atoms with Crippen molar-refractivity contribution in [1.82, 2.24) is 0 Å². The van der Waals surface area contributed by atoms with E-state index in [4.69, 9.17) is 46.4 Å². The molecular weight excluding hydrogens is 490 g/mol. The van der Waals surface area contributed by atoms with Gasteiger partial charge in [-0.25, -0.2) is 4.21 Å². The molecule has 29 heavy (non-hydrogen) atoms. The zero-order valence-electron chi connectivity index (χ0n) is 15.9. The van der Waals surface area contributed by atoms with Gasteiger partial charge in [0.2, 0.25) is 0 Å². The summed E-state index contributed by atoms with van der Waals surface area (Å²) in [6.45, 7) is 2.93. The molecule has 9 heteroatoms. The minimum atomic E-state index is -1.20. The van der Waals surface area contributed by atoms with Crippen molar-refractivity contribution in [2.75, 3.05) is 59.5 Å². The summed E-state index contributed by atoms with van der Waals surface area (Å²) in [4.78, 5) is 5.97. The van der Waals surface area contributed by atoms with E-state index in [1.807, 2.05) is 48.5 Å². The Kier molecular flexibility index (Phi) is 12.0. The number of nitrogens with zero attached hydrogens (tertiary/aromatic N) is 2. The molecule has 0 N–H and O–H groups in total. The zero-order valence-corrected chi connectivity index (χ0v) is 20.6. The van der Waals surface area contributed by atoms with E-state index in [9.17, 15) is 4.21 Å². The van der Waals surface area contributed by atoms with E-state index in [1.54, 1.807) is 0 Å². The van der Waals surface area contributed by atoms with Gasteiger partial charge in [0.15, 0.2) is 0 Å². The lowest BCUT2D eigenvalue weighted by Crippen LogP contribution is -2.27. The van der Waals surface area contributed by atoms with Gasteiger partial charge < -0.3 is 9.80 Å². The van der Waals surface area contributed by atoms with Gasteiger partial charge in [0, 0.05) is 66.0 Å². The average molecular weight is 514 g/mol. The summed E-state index contributed by atoms with van der Waals surface area (Å²) in [5.41, 5.74) is 2.09. The van der Waals surface area contributed by atoms with Gasteiger partial charge in [-0.05, 0) is 59.3 Å². The molecule has 1 atom stereocenters. The smallest absolute Gasteiger partial charge is 0.117 e. The maximum absolute atomic E-state index is 12.7. The van der Waals surface area contributed by atoms with Gasteiger partial charge in [0.25, 0.3) is 0 Å². The van der Waals surface area contributed by atoms with Crippen molar-refractivity contribution in [1.29, 1.82) is 0 Å². The maximum atomic E-state index is 12.7. The summed E-state index contributed by atoms with van der Waals surface area (Å²) in [6, 6.07) is 15.7. The second-order valence-electron chi connectivity index (χ2n) is 6.04. The Bertz CT molecular complexity index is 735. The minimum absolute atomic E-state index is 0.531. The summed E-state index contributed by atoms with van der Waals surface area (Å²) < 4.78 is 12.7. The number of anilines is 2. The van der Waals surface area contributed by atoms with Gasteiger partial charge in [-0.2, -0.15) is 0 Å². The summed E-state index contributed by atoms with van der Waals surface area (Å²) in [7, 11) is 0.127. The van der Waals surface area contributed by atoms with Crippen LogP contribution in [0.1, 0.15) is 0 Å². The van der Waals surface area contributed by atoms with Gasteiger partial charge in [0.05, 0.1) is 4.90 Å². The summed E-state index contributed by atoms with van der Waals surface area (Å²) in [5, 5.41) is 0. The van der Waals surface area contributed by atoms with E-state index >= 15 is 0 Å². The number of halogens is 4. The Morgan fingerprint density at radius 3 is 1.41 bits per heavy atom. The van der Waals surface area contributed by atoms with E-state index in [0.29, 0.717) is 23.5 Å². The van der Waals surface area contributed by atoms with Crippen LogP contribution in [0.2, 0.25) is 0 Å². The summed E-state index contributed by atoms with van der Waals surface area (Å²) in [5.74, 6) is 2.15. The first kappa shape index (κ1) is 25.0. The number of alkyl halides is 4. The highest BCUT2D eigenvalue weighted by molar-refractivity contribution is 8.69. The first-order valence-corrected chi connectivity index (χ1v) is 13.8. The first-order chi connectivity index (χ1) is 14.1. The molecule has 0 fully saturated rings. The lowest BCUT2D eigenvalue weighted by atomic mass is 10.3. The molecule has 0 heterocycles. The highest BCUT2D eigenvalue weighted by atomic mass is 35.5. The Hall–Kier alpha value is -0.300. The zero-order chi connectivity index (χ0) is 21.1. The highest BCUT2D eigenvalue weighted by Gasteiger charge is 2.11. The van der Waals surface area contributed by atoms with Crippen LogP contribution in [0, 0.1) is 0 Å². The Morgan fingerprint density at radius 1 is 0.655 bits per heavy atom. The van der Waals surface area contributed by atoms with Crippen LogP contribution in [0.25, 0.3) is 0 Å². The van der Waals surface area contributed by atoms with Crippen LogP contribution in [0.5, 0.6) is 0 Å². The average Bonchev–Trinajstić information content (AvgIpc) is 2.74. The molecule has 1 unspecified atom stereocenters. The fourth-order valence-electron chi connectivity index (χ4n) is 2.76. The van der Waals surface area contributed by atoms with Crippen LogP contribution in [0.15, 0.2) is 58.3 Å². The molecule has 0 aliphatic rings. The number of rotatable bonds is 13. The fourth-order valence-corrected chi connectivity index (χ4v) is 5.94. The molecule has 0 bridgehead atoms. The van der Waals surface area contributed by atoms with Crippen molar-refractivity contribution < 1.29 is 4.21 Å². The lowest BCUT2D eigenvalue weighted by Gasteiger charge is -2.23. The van der Waals surface area contributed by atoms with Crippen molar-refractivity contribution >= 4 is 78.4 Å². The van der Waals surface area contributed by atoms with Crippen molar-refractivity contribution in [3.63, 3.8) is 0 Å². The minimum Gasteiger partial charge on any atom is -0.369 e. The fraction of sp³-hybridized carbons (Fsp3) is 0.400. The second kappa shape index (κ2) is 13.9.